The van der Waals surface area contributed by atoms with Crippen molar-refractivity contribution in [2.24, 2.45) is 0 Å². The molecule has 0 aliphatic heterocycles. The highest BCUT2D eigenvalue weighted by molar-refractivity contribution is 7.86. The molecule has 42 valence electrons. The maximum Gasteiger partial charge on any atom is 0.305 e. The van der Waals surface area contributed by atoms with Crippen molar-refractivity contribution in [2.45, 2.75) is 0 Å². The zero-order chi connectivity index (χ0) is 5.91. The van der Waals surface area contributed by atoms with Crippen molar-refractivity contribution in [1.82, 2.24) is 0 Å². The van der Waals surface area contributed by atoms with Gasteiger partial charge in [0.05, 0.1) is 12.5 Å². The molecule has 0 saturated carbocycles. The van der Waals surface area contributed by atoms with Gasteiger partial charge in [-0.25, -0.2) is 0 Å². The zero-order valence-electron chi connectivity index (χ0n) is 3.92. The third-order valence-corrected chi connectivity index (χ3v) is 0.729. The van der Waals surface area contributed by atoms with Crippen LogP contribution >= 0.6 is 0 Å². The molecule has 0 aliphatic rings. The van der Waals surface area contributed by atoms with E-state index < -0.39 is 10.1 Å². The molecule has 0 aromatic rings. The van der Waals surface area contributed by atoms with E-state index in [4.69, 9.17) is 0 Å². The molecule has 0 aliphatic carbocycles. The monoisotopic (exact) mass is 122 g/mol. The van der Waals surface area contributed by atoms with Crippen molar-refractivity contribution in [3.05, 3.63) is 12.8 Å². The van der Waals surface area contributed by atoms with Crippen LogP contribution in [0.4, 0.5) is 0 Å². The Morgan fingerprint density at radius 3 is 2.14 bits per heavy atom. The molecule has 0 radical (unpaired) electrons. The summed E-state index contributed by atoms with van der Waals surface area (Å²) in [5.74, 6) is 0. The fourth-order valence-corrected chi connectivity index (χ4v) is 0.371. The Morgan fingerprint density at radius 1 is 1.71 bits per heavy atom. The van der Waals surface area contributed by atoms with Crippen molar-refractivity contribution in [2.75, 3.05) is 6.26 Å². The Bertz CT molecular complexity index is 144. The molecule has 4 heteroatoms. The van der Waals surface area contributed by atoms with E-state index in [-0.39, 0.29) is 0 Å². The largest absolute Gasteiger partial charge is 0.391 e. The van der Waals surface area contributed by atoms with E-state index >= 15 is 0 Å². The smallest absolute Gasteiger partial charge is 0.305 e. The predicted molar refractivity (Wildman–Crippen MR) is 26.1 cm³/mol. The lowest BCUT2D eigenvalue weighted by atomic mass is 11.2. The molecular weight excluding hydrogens is 116 g/mol. The average Bonchev–Trinajstić information content (AvgIpc) is 1.30. The van der Waals surface area contributed by atoms with Crippen LogP contribution in [0.3, 0.4) is 0 Å². The predicted octanol–water partition coefficient (Wildman–Crippen LogP) is 0.106. The van der Waals surface area contributed by atoms with E-state index in [2.05, 4.69) is 10.8 Å². The molecule has 0 saturated heterocycles. The molecule has 0 amide bonds. The maximum atomic E-state index is 9.94. The lowest BCUT2D eigenvalue weighted by Gasteiger charge is -1.89. The topological polar surface area (TPSA) is 43.4 Å². The van der Waals surface area contributed by atoms with E-state index in [1.54, 1.807) is 0 Å². The number of hydrogen-bond donors (Lipinski definition) is 0. The van der Waals surface area contributed by atoms with Crippen LogP contribution in [0.25, 0.3) is 0 Å². The molecule has 0 aromatic carbocycles. The quantitative estimate of drug-likeness (QED) is 0.385. The van der Waals surface area contributed by atoms with Crippen molar-refractivity contribution in [3.63, 3.8) is 0 Å². The first kappa shape index (κ1) is 6.49. The first-order valence-electron chi connectivity index (χ1n) is 1.55. The van der Waals surface area contributed by atoms with Gasteiger partial charge < -0.3 is 4.18 Å². The van der Waals surface area contributed by atoms with Gasteiger partial charge in [0.1, 0.15) is 0 Å². The highest BCUT2D eigenvalue weighted by Crippen LogP contribution is 1.82. The molecule has 0 unspecified atom stereocenters. The molecule has 7 heavy (non-hydrogen) atoms. The van der Waals surface area contributed by atoms with Crippen LogP contribution in [0.15, 0.2) is 12.8 Å². The van der Waals surface area contributed by atoms with Crippen LogP contribution in [-0.4, -0.2) is 14.7 Å². The van der Waals surface area contributed by atoms with Gasteiger partial charge in [-0.15, -0.1) is 0 Å². The standard InChI is InChI=1S/C3H6O3S/c1-3-6-7(2,4)5/h3H,1H2,2H3. The molecule has 0 N–H and O–H groups in total. The van der Waals surface area contributed by atoms with Gasteiger partial charge in [-0.1, -0.05) is 6.58 Å². The van der Waals surface area contributed by atoms with Crippen molar-refractivity contribution in [1.29, 1.82) is 0 Å². The van der Waals surface area contributed by atoms with Crippen LogP contribution in [-0.2, 0) is 14.3 Å². The summed E-state index contributed by atoms with van der Waals surface area (Å²) in [6.45, 7) is 3.04. The van der Waals surface area contributed by atoms with Crippen molar-refractivity contribution >= 4 is 10.1 Å². The van der Waals surface area contributed by atoms with Gasteiger partial charge >= 0.3 is 10.1 Å². The van der Waals surface area contributed by atoms with Crippen molar-refractivity contribution < 1.29 is 12.6 Å². The van der Waals surface area contributed by atoms with Gasteiger partial charge in [0.25, 0.3) is 0 Å². The summed E-state index contributed by atoms with van der Waals surface area (Å²) in [5, 5.41) is 0. The first-order valence-corrected chi connectivity index (χ1v) is 3.37. The third kappa shape index (κ3) is 5.49. The minimum absolute atomic E-state index is 0.870. The van der Waals surface area contributed by atoms with Crippen LogP contribution in [0.2, 0.25) is 0 Å². The van der Waals surface area contributed by atoms with Crippen LogP contribution in [0.5, 0.6) is 0 Å². The Labute approximate surface area is 42.7 Å². The summed E-state index contributed by atoms with van der Waals surface area (Å²) in [6.07, 6.45) is 1.82. The van der Waals surface area contributed by atoms with Gasteiger partial charge in [0.2, 0.25) is 0 Å². The van der Waals surface area contributed by atoms with Gasteiger partial charge in [-0.2, -0.15) is 8.42 Å². The number of hydrogen-bond acceptors (Lipinski definition) is 3. The Hall–Kier alpha value is -0.510. The minimum Gasteiger partial charge on any atom is -0.391 e. The lowest BCUT2D eigenvalue weighted by Crippen LogP contribution is -1.94. The van der Waals surface area contributed by atoms with Gasteiger partial charge in [-0.05, 0) is 0 Å². The fourth-order valence-electron chi connectivity index (χ4n) is 0.124. The summed E-state index contributed by atoms with van der Waals surface area (Å²) in [5.41, 5.74) is 0. The van der Waals surface area contributed by atoms with Gasteiger partial charge in [0.15, 0.2) is 0 Å². The molecule has 3 nitrogen and oxygen atoms in total. The second-order valence-corrected chi connectivity index (χ2v) is 2.57. The molecule has 0 fully saturated rings. The molecular formula is C3H6O3S. The molecule has 0 rings (SSSR count). The molecule has 0 atom stereocenters. The van der Waals surface area contributed by atoms with E-state index in [9.17, 15) is 8.42 Å². The maximum absolute atomic E-state index is 9.94. The summed E-state index contributed by atoms with van der Waals surface area (Å²) < 4.78 is 23.8. The van der Waals surface area contributed by atoms with E-state index in [0.29, 0.717) is 0 Å². The first-order chi connectivity index (χ1) is 3.06. The van der Waals surface area contributed by atoms with Gasteiger partial charge in [-0.3, -0.25) is 0 Å². The van der Waals surface area contributed by atoms with Crippen LogP contribution in [0, 0.1) is 0 Å². The summed E-state index contributed by atoms with van der Waals surface area (Å²) in [7, 11) is -3.29. The Balaban J connectivity index is 3.84. The van der Waals surface area contributed by atoms with E-state index in [1.807, 2.05) is 0 Å². The molecule has 0 heterocycles. The lowest BCUT2D eigenvalue weighted by molar-refractivity contribution is 0.451. The second-order valence-electron chi connectivity index (χ2n) is 0.967. The van der Waals surface area contributed by atoms with E-state index in [1.165, 1.54) is 0 Å². The minimum atomic E-state index is -3.29. The number of rotatable bonds is 2. The normalized spacial score (nSPS) is 10.4. The summed E-state index contributed by atoms with van der Waals surface area (Å²) in [4.78, 5) is 0. The van der Waals surface area contributed by atoms with Crippen LogP contribution in [0.1, 0.15) is 0 Å². The van der Waals surface area contributed by atoms with Gasteiger partial charge in [0, 0.05) is 0 Å². The third-order valence-electron chi connectivity index (χ3n) is 0.243. The zero-order valence-corrected chi connectivity index (χ0v) is 4.73. The summed E-state index contributed by atoms with van der Waals surface area (Å²) >= 11 is 0. The van der Waals surface area contributed by atoms with E-state index in [0.717, 1.165) is 12.5 Å². The summed E-state index contributed by atoms with van der Waals surface area (Å²) in [6, 6.07) is 0. The van der Waals surface area contributed by atoms with Crippen molar-refractivity contribution in [3.8, 4) is 0 Å². The molecule has 0 bridgehead atoms. The SMILES string of the molecule is C=COS(C)(=O)=O. The molecule has 0 spiro atoms. The molecule has 0 aromatic heterocycles. The Morgan fingerprint density at radius 2 is 2.14 bits per heavy atom. The highest BCUT2D eigenvalue weighted by atomic mass is 32.2. The Kier molecular flexibility index (Phi) is 1.83. The second kappa shape index (κ2) is 1.97. The highest BCUT2D eigenvalue weighted by Gasteiger charge is 1.92. The van der Waals surface area contributed by atoms with Crippen LogP contribution < -0.4 is 0 Å². The average molecular weight is 122 g/mol. The fraction of sp³-hybridized carbons (Fsp3) is 0.333.